The molecule has 0 radical (unpaired) electrons. The predicted molar refractivity (Wildman–Crippen MR) is 90.1 cm³/mol. The third-order valence-corrected chi connectivity index (χ3v) is 3.49. The zero-order valence-electron chi connectivity index (χ0n) is 14.4. The normalized spacial score (nSPS) is 14.8. The lowest BCUT2D eigenvalue weighted by Gasteiger charge is -2.22. The number of carbonyl (C=O) groups excluding carboxylic acids is 1. The number of rotatable bonds is 11. The molecule has 1 fully saturated rings. The highest BCUT2D eigenvalue weighted by Crippen LogP contribution is 2.28. The number of carbonyl (C=O) groups is 1. The van der Waals surface area contributed by atoms with E-state index in [0.717, 1.165) is 44.5 Å². The Balaban J connectivity index is 2.24. The number of likely N-dealkylation sites (N-methyl/N-ethyl adjacent to an activating group) is 1. The molecule has 1 aliphatic carbocycles. The van der Waals surface area contributed by atoms with Crippen molar-refractivity contribution < 1.29 is 9.53 Å². The minimum atomic E-state index is 0.0665. The van der Waals surface area contributed by atoms with E-state index in [0.29, 0.717) is 19.6 Å². The zero-order valence-corrected chi connectivity index (χ0v) is 14.4. The summed E-state index contributed by atoms with van der Waals surface area (Å²) in [7, 11) is 2.00. The van der Waals surface area contributed by atoms with E-state index in [1.54, 1.807) is 0 Å². The molecule has 0 aromatic rings. The van der Waals surface area contributed by atoms with Crippen LogP contribution in [-0.2, 0) is 9.53 Å². The number of nitrogens with one attached hydrogen (secondary N) is 2. The Morgan fingerprint density at radius 1 is 1.32 bits per heavy atom. The fraction of sp³-hybridized carbons (Fsp3) is 0.875. The molecule has 0 aromatic heterocycles. The van der Waals surface area contributed by atoms with Crippen molar-refractivity contribution in [3.63, 3.8) is 0 Å². The van der Waals surface area contributed by atoms with Gasteiger partial charge >= 0.3 is 0 Å². The van der Waals surface area contributed by atoms with Gasteiger partial charge in [0.1, 0.15) is 0 Å². The van der Waals surface area contributed by atoms with Crippen molar-refractivity contribution in [3.05, 3.63) is 0 Å². The molecule has 6 heteroatoms. The second-order valence-corrected chi connectivity index (χ2v) is 5.78. The molecule has 1 saturated carbocycles. The first kappa shape index (κ1) is 18.7. The zero-order chi connectivity index (χ0) is 16.2. The van der Waals surface area contributed by atoms with E-state index in [1.165, 1.54) is 12.8 Å². The summed E-state index contributed by atoms with van der Waals surface area (Å²) in [4.78, 5) is 18.1. The lowest BCUT2D eigenvalue weighted by Crippen LogP contribution is -2.40. The van der Waals surface area contributed by atoms with Crippen LogP contribution in [0.25, 0.3) is 0 Å². The molecule has 0 aliphatic heterocycles. The first-order valence-corrected chi connectivity index (χ1v) is 8.51. The van der Waals surface area contributed by atoms with Crippen LogP contribution in [0.1, 0.15) is 39.5 Å². The topological polar surface area (TPSA) is 66.0 Å². The van der Waals surface area contributed by atoms with E-state index in [4.69, 9.17) is 4.74 Å². The van der Waals surface area contributed by atoms with Gasteiger partial charge in [-0.2, -0.15) is 0 Å². The van der Waals surface area contributed by atoms with Crippen LogP contribution >= 0.6 is 0 Å². The first-order valence-electron chi connectivity index (χ1n) is 8.51. The lowest BCUT2D eigenvalue weighted by atomic mass is 10.4. The Labute approximate surface area is 134 Å². The van der Waals surface area contributed by atoms with Crippen molar-refractivity contribution in [3.8, 4) is 0 Å². The molecule has 0 spiro atoms. The average Bonchev–Trinajstić information content (AvgIpc) is 3.32. The van der Waals surface area contributed by atoms with Crippen molar-refractivity contribution in [2.45, 2.75) is 39.5 Å². The molecule has 0 unspecified atom stereocenters. The van der Waals surface area contributed by atoms with Gasteiger partial charge in [0.25, 0.3) is 0 Å². The van der Waals surface area contributed by atoms with Crippen LogP contribution in [0.2, 0.25) is 0 Å². The largest absolute Gasteiger partial charge is 0.379 e. The second-order valence-electron chi connectivity index (χ2n) is 5.78. The van der Waals surface area contributed by atoms with Crippen LogP contribution in [0.4, 0.5) is 0 Å². The molecule has 0 atom stereocenters. The Morgan fingerprint density at radius 3 is 2.73 bits per heavy atom. The smallest absolute Gasteiger partial charge is 0.221 e. The molecule has 6 nitrogen and oxygen atoms in total. The SMILES string of the molecule is CCCNC(=O)CCN=C(NCC)N(C)CCOCC1CC1. The summed E-state index contributed by atoms with van der Waals surface area (Å²) in [5.41, 5.74) is 0. The van der Waals surface area contributed by atoms with E-state index in [1.807, 2.05) is 20.9 Å². The standard InChI is InChI=1S/C16H32N4O2/c1-4-9-18-15(21)8-10-19-16(17-5-2)20(3)11-12-22-13-14-6-7-14/h14H,4-13H2,1-3H3,(H,17,19)(H,18,21). The van der Waals surface area contributed by atoms with E-state index in [-0.39, 0.29) is 5.91 Å². The summed E-state index contributed by atoms with van der Waals surface area (Å²) in [6.45, 7) is 8.55. The number of ether oxygens (including phenoxy) is 1. The fourth-order valence-corrected chi connectivity index (χ4v) is 1.93. The predicted octanol–water partition coefficient (Wildman–Crippen LogP) is 1.23. The number of amides is 1. The van der Waals surface area contributed by atoms with Crippen LogP contribution in [0.3, 0.4) is 0 Å². The first-order chi connectivity index (χ1) is 10.7. The summed E-state index contributed by atoms with van der Waals surface area (Å²) in [6.07, 6.45) is 4.03. The van der Waals surface area contributed by atoms with Gasteiger partial charge in [0.05, 0.1) is 13.2 Å². The van der Waals surface area contributed by atoms with E-state index in [2.05, 4.69) is 20.5 Å². The summed E-state index contributed by atoms with van der Waals surface area (Å²) in [5.74, 6) is 1.70. The minimum Gasteiger partial charge on any atom is -0.379 e. The van der Waals surface area contributed by atoms with Crippen molar-refractivity contribution in [2.24, 2.45) is 10.9 Å². The summed E-state index contributed by atoms with van der Waals surface area (Å²) in [6, 6.07) is 0. The molecule has 22 heavy (non-hydrogen) atoms. The second kappa shape index (κ2) is 11.3. The summed E-state index contributed by atoms with van der Waals surface area (Å²) in [5, 5.41) is 6.11. The van der Waals surface area contributed by atoms with Gasteiger partial charge in [0.2, 0.25) is 5.91 Å². The van der Waals surface area contributed by atoms with Crippen LogP contribution in [0.15, 0.2) is 4.99 Å². The Kier molecular flexibility index (Phi) is 9.62. The molecule has 1 amide bonds. The number of nitrogens with zero attached hydrogens (tertiary/aromatic N) is 2. The number of hydrogen-bond donors (Lipinski definition) is 2. The monoisotopic (exact) mass is 312 g/mol. The van der Waals surface area contributed by atoms with Crippen LogP contribution in [0, 0.1) is 5.92 Å². The maximum absolute atomic E-state index is 11.6. The van der Waals surface area contributed by atoms with Gasteiger partial charge in [-0.3, -0.25) is 9.79 Å². The van der Waals surface area contributed by atoms with Crippen molar-refractivity contribution >= 4 is 11.9 Å². The lowest BCUT2D eigenvalue weighted by molar-refractivity contribution is -0.120. The van der Waals surface area contributed by atoms with Gasteiger partial charge in [-0.05, 0) is 32.1 Å². The highest BCUT2D eigenvalue weighted by molar-refractivity contribution is 5.80. The Bertz CT molecular complexity index is 343. The molecule has 0 saturated heterocycles. The summed E-state index contributed by atoms with van der Waals surface area (Å²) < 4.78 is 5.65. The van der Waals surface area contributed by atoms with Crippen molar-refractivity contribution in [1.82, 2.24) is 15.5 Å². The molecule has 1 rings (SSSR count). The third-order valence-electron chi connectivity index (χ3n) is 3.49. The van der Waals surface area contributed by atoms with Gasteiger partial charge in [-0.1, -0.05) is 6.92 Å². The highest BCUT2D eigenvalue weighted by atomic mass is 16.5. The van der Waals surface area contributed by atoms with Crippen LogP contribution < -0.4 is 10.6 Å². The van der Waals surface area contributed by atoms with Crippen LogP contribution in [0.5, 0.6) is 0 Å². The minimum absolute atomic E-state index is 0.0665. The fourth-order valence-electron chi connectivity index (χ4n) is 1.93. The molecule has 0 heterocycles. The van der Waals surface area contributed by atoms with Gasteiger partial charge in [-0.15, -0.1) is 0 Å². The number of guanidine groups is 1. The summed E-state index contributed by atoms with van der Waals surface area (Å²) >= 11 is 0. The van der Waals surface area contributed by atoms with Gasteiger partial charge in [-0.25, -0.2) is 0 Å². The van der Waals surface area contributed by atoms with E-state index < -0.39 is 0 Å². The molecule has 1 aliphatic rings. The number of hydrogen-bond acceptors (Lipinski definition) is 3. The average molecular weight is 312 g/mol. The van der Waals surface area contributed by atoms with Crippen molar-refractivity contribution in [1.29, 1.82) is 0 Å². The molecule has 0 aromatic carbocycles. The molecule has 128 valence electrons. The van der Waals surface area contributed by atoms with Gasteiger partial charge < -0.3 is 20.3 Å². The highest BCUT2D eigenvalue weighted by Gasteiger charge is 2.21. The third kappa shape index (κ3) is 8.87. The van der Waals surface area contributed by atoms with E-state index in [9.17, 15) is 4.79 Å². The Hall–Kier alpha value is -1.30. The molecule has 0 bridgehead atoms. The molecular weight excluding hydrogens is 280 g/mol. The van der Waals surface area contributed by atoms with Gasteiger partial charge in [0, 0.05) is 39.7 Å². The maximum Gasteiger partial charge on any atom is 0.221 e. The van der Waals surface area contributed by atoms with Crippen molar-refractivity contribution in [2.75, 3.05) is 46.4 Å². The molecule has 2 N–H and O–H groups in total. The maximum atomic E-state index is 11.6. The Morgan fingerprint density at radius 2 is 2.09 bits per heavy atom. The molecular formula is C16H32N4O2. The van der Waals surface area contributed by atoms with Crippen LogP contribution in [-0.4, -0.2) is 63.2 Å². The van der Waals surface area contributed by atoms with Gasteiger partial charge in [0.15, 0.2) is 5.96 Å². The number of aliphatic imine (C=N–C) groups is 1. The van der Waals surface area contributed by atoms with E-state index >= 15 is 0 Å². The quantitative estimate of drug-likeness (QED) is 0.342.